The lowest BCUT2D eigenvalue weighted by Crippen LogP contribution is -2.48. The largest absolute Gasteiger partial charge is 0.489 e. The Bertz CT molecular complexity index is 1230. The smallest absolute Gasteiger partial charge is 0.253 e. The average molecular weight is 470 g/mol. The highest BCUT2D eigenvalue weighted by Gasteiger charge is 2.23. The van der Waals surface area contributed by atoms with E-state index in [2.05, 4.69) is 23.1 Å². The van der Waals surface area contributed by atoms with E-state index in [1.54, 1.807) is 24.3 Å². The molecule has 2 aliphatic heterocycles. The summed E-state index contributed by atoms with van der Waals surface area (Å²) in [7, 11) is 0. The molecule has 1 fully saturated rings. The minimum Gasteiger partial charge on any atom is -0.489 e. The second kappa shape index (κ2) is 10.5. The first-order valence-corrected chi connectivity index (χ1v) is 11.8. The molecule has 0 saturated carbocycles. The van der Waals surface area contributed by atoms with Gasteiger partial charge in [0.1, 0.15) is 25.6 Å². The van der Waals surface area contributed by atoms with Crippen molar-refractivity contribution in [3.63, 3.8) is 0 Å². The predicted octanol–water partition coefficient (Wildman–Crippen LogP) is 3.87. The number of piperazine rings is 1. The fraction of sp³-hybridized carbons (Fsp3) is 0.286. The standard InChI is InChI=1S/C28H27N3O4/c29-18-21-4-7-25(8-5-21)35-20-23-2-1-3-24(16-23)28(32)31-12-10-30(11-13-31)19-22-6-9-26-27(17-22)34-15-14-33-26/h1-9,16-17H,10-15,19-20H2. The van der Waals surface area contributed by atoms with Crippen LogP contribution < -0.4 is 14.2 Å². The van der Waals surface area contributed by atoms with Crippen LogP contribution in [0.4, 0.5) is 0 Å². The van der Waals surface area contributed by atoms with E-state index in [-0.39, 0.29) is 5.91 Å². The van der Waals surface area contributed by atoms with Crippen LogP contribution in [0.3, 0.4) is 0 Å². The van der Waals surface area contributed by atoms with Crippen LogP contribution in [-0.4, -0.2) is 55.1 Å². The molecule has 7 heteroatoms. The van der Waals surface area contributed by atoms with Gasteiger partial charge in [0.25, 0.3) is 5.91 Å². The molecule has 0 spiro atoms. The maximum Gasteiger partial charge on any atom is 0.253 e. The van der Waals surface area contributed by atoms with Gasteiger partial charge in [-0.05, 0) is 59.7 Å². The highest BCUT2D eigenvalue weighted by Crippen LogP contribution is 2.31. The van der Waals surface area contributed by atoms with Gasteiger partial charge in [0.2, 0.25) is 0 Å². The molecule has 3 aromatic rings. The molecule has 5 rings (SSSR count). The van der Waals surface area contributed by atoms with Gasteiger partial charge in [-0.25, -0.2) is 0 Å². The van der Waals surface area contributed by atoms with Crippen LogP contribution in [0, 0.1) is 11.3 Å². The molecule has 0 radical (unpaired) electrons. The number of fused-ring (bicyclic) bond motifs is 1. The molecule has 1 saturated heterocycles. The van der Waals surface area contributed by atoms with E-state index < -0.39 is 0 Å². The fourth-order valence-corrected chi connectivity index (χ4v) is 4.32. The van der Waals surface area contributed by atoms with Crippen molar-refractivity contribution >= 4 is 5.91 Å². The van der Waals surface area contributed by atoms with E-state index in [4.69, 9.17) is 19.5 Å². The molecule has 0 unspecified atom stereocenters. The highest BCUT2D eigenvalue weighted by molar-refractivity contribution is 5.94. The number of hydrogen-bond donors (Lipinski definition) is 0. The Morgan fingerprint density at radius 3 is 2.43 bits per heavy atom. The van der Waals surface area contributed by atoms with Crippen LogP contribution >= 0.6 is 0 Å². The van der Waals surface area contributed by atoms with Gasteiger partial charge in [-0.15, -0.1) is 0 Å². The van der Waals surface area contributed by atoms with Crippen LogP contribution in [0.15, 0.2) is 66.7 Å². The van der Waals surface area contributed by atoms with Gasteiger partial charge in [0.05, 0.1) is 11.6 Å². The van der Waals surface area contributed by atoms with Gasteiger partial charge < -0.3 is 19.1 Å². The molecule has 0 aliphatic carbocycles. The van der Waals surface area contributed by atoms with Crippen molar-refractivity contribution in [1.82, 2.24) is 9.80 Å². The van der Waals surface area contributed by atoms with E-state index in [1.807, 2.05) is 35.2 Å². The fourth-order valence-electron chi connectivity index (χ4n) is 4.32. The van der Waals surface area contributed by atoms with Crippen molar-refractivity contribution in [1.29, 1.82) is 5.26 Å². The summed E-state index contributed by atoms with van der Waals surface area (Å²) in [4.78, 5) is 17.4. The quantitative estimate of drug-likeness (QED) is 0.546. The summed E-state index contributed by atoms with van der Waals surface area (Å²) in [5.41, 5.74) is 3.38. The summed E-state index contributed by atoms with van der Waals surface area (Å²) < 4.78 is 17.1. The topological polar surface area (TPSA) is 75.0 Å². The zero-order valence-electron chi connectivity index (χ0n) is 19.5. The van der Waals surface area contributed by atoms with Gasteiger partial charge >= 0.3 is 0 Å². The van der Waals surface area contributed by atoms with Crippen molar-refractivity contribution < 1.29 is 19.0 Å². The Kier molecular flexibility index (Phi) is 6.82. The molecule has 2 aliphatic rings. The first kappa shape index (κ1) is 22.8. The average Bonchev–Trinajstić information content (AvgIpc) is 2.92. The molecule has 35 heavy (non-hydrogen) atoms. The van der Waals surface area contributed by atoms with E-state index >= 15 is 0 Å². The Labute approximate surface area is 205 Å². The molecule has 0 bridgehead atoms. The molecule has 0 aromatic heterocycles. The first-order valence-electron chi connectivity index (χ1n) is 11.8. The Balaban J connectivity index is 1.14. The highest BCUT2D eigenvalue weighted by atomic mass is 16.6. The van der Waals surface area contributed by atoms with Crippen molar-refractivity contribution in [2.24, 2.45) is 0 Å². The number of hydrogen-bond acceptors (Lipinski definition) is 6. The van der Waals surface area contributed by atoms with Crippen molar-refractivity contribution in [2.75, 3.05) is 39.4 Å². The SMILES string of the molecule is N#Cc1ccc(OCc2cccc(C(=O)N3CCN(Cc4ccc5c(c4)OCCO5)CC3)c2)cc1. The van der Waals surface area contributed by atoms with E-state index in [0.29, 0.717) is 49.8 Å². The van der Waals surface area contributed by atoms with Crippen LogP contribution in [0.25, 0.3) is 0 Å². The summed E-state index contributed by atoms with van der Waals surface area (Å²) in [5, 5.41) is 8.91. The van der Waals surface area contributed by atoms with E-state index in [1.165, 1.54) is 5.56 Å². The monoisotopic (exact) mass is 469 g/mol. The molecular weight excluding hydrogens is 442 g/mol. The van der Waals surface area contributed by atoms with E-state index in [0.717, 1.165) is 36.7 Å². The molecule has 1 amide bonds. The van der Waals surface area contributed by atoms with Gasteiger partial charge in [-0.2, -0.15) is 5.26 Å². The lowest BCUT2D eigenvalue weighted by atomic mass is 10.1. The molecule has 0 N–H and O–H groups in total. The van der Waals surface area contributed by atoms with Crippen molar-refractivity contribution in [2.45, 2.75) is 13.2 Å². The molecule has 3 aromatic carbocycles. The number of nitrogens with zero attached hydrogens (tertiary/aromatic N) is 3. The maximum absolute atomic E-state index is 13.1. The molecule has 0 atom stereocenters. The first-order chi connectivity index (χ1) is 17.2. The summed E-state index contributed by atoms with van der Waals surface area (Å²) in [5.74, 6) is 2.35. The zero-order valence-corrected chi connectivity index (χ0v) is 19.5. The lowest BCUT2D eigenvalue weighted by Gasteiger charge is -2.35. The molecule has 178 valence electrons. The number of benzene rings is 3. The third kappa shape index (κ3) is 5.56. The number of carbonyl (C=O) groups excluding carboxylic acids is 1. The molecular formula is C28H27N3O4. The lowest BCUT2D eigenvalue weighted by molar-refractivity contribution is 0.0628. The second-order valence-corrected chi connectivity index (χ2v) is 8.67. The van der Waals surface area contributed by atoms with Crippen molar-refractivity contribution in [3.8, 4) is 23.3 Å². The third-order valence-corrected chi connectivity index (χ3v) is 6.24. The number of ether oxygens (including phenoxy) is 3. The summed E-state index contributed by atoms with van der Waals surface area (Å²) in [6.45, 7) is 5.38. The maximum atomic E-state index is 13.1. The van der Waals surface area contributed by atoms with E-state index in [9.17, 15) is 4.79 Å². The number of nitriles is 1. The predicted molar refractivity (Wildman–Crippen MR) is 131 cm³/mol. The Morgan fingerprint density at radius 1 is 0.886 bits per heavy atom. The minimum atomic E-state index is 0.0456. The number of rotatable bonds is 6. The number of carbonyl (C=O) groups is 1. The van der Waals surface area contributed by atoms with Crippen molar-refractivity contribution in [3.05, 3.63) is 89.0 Å². The second-order valence-electron chi connectivity index (χ2n) is 8.67. The molecule has 2 heterocycles. The summed E-state index contributed by atoms with van der Waals surface area (Å²) >= 11 is 0. The van der Waals surface area contributed by atoms with Crippen LogP contribution in [-0.2, 0) is 13.2 Å². The van der Waals surface area contributed by atoms with Gasteiger partial charge in [-0.3, -0.25) is 9.69 Å². The Morgan fingerprint density at radius 2 is 1.66 bits per heavy atom. The van der Waals surface area contributed by atoms with Gasteiger partial charge in [0.15, 0.2) is 11.5 Å². The normalized spacial score (nSPS) is 15.3. The number of amides is 1. The van der Waals surface area contributed by atoms with Gasteiger partial charge in [-0.1, -0.05) is 18.2 Å². The van der Waals surface area contributed by atoms with Gasteiger partial charge in [0, 0.05) is 38.3 Å². The molecule has 7 nitrogen and oxygen atoms in total. The van der Waals surface area contributed by atoms with Crippen LogP contribution in [0.5, 0.6) is 17.2 Å². The Hall–Kier alpha value is -4.02. The summed E-state index contributed by atoms with van der Waals surface area (Å²) in [6.07, 6.45) is 0. The minimum absolute atomic E-state index is 0.0456. The zero-order chi connectivity index (χ0) is 24.0. The van der Waals surface area contributed by atoms with Crippen LogP contribution in [0.1, 0.15) is 27.0 Å². The summed E-state index contributed by atoms with van der Waals surface area (Å²) in [6, 6.07) is 22.8. The third-order valence-electron chi connectivity index (χ3n) is 6.24. The van der Waals surface area contributed by atoms with Crippen LogP contribution in [0.2, 0.25) is 0 Å².